The lowest BCUT2D eigenvalue weighted by Gasteiger charge is -2.04. The van der Waals surface area contributed by atoms with Crippen LogP contribution in [0, 0.1) is 10.1 Å². The first-order valence-corrected chi connectivity index (χ1v) is 6.82. The first-order valence-electron chi connectivity index (χ1n) is 6.00. The smallest absolute Gasteiger partial charge is 0.258 e. The summed E-state index contributed by atoms with van der Waals surface area (Å²) in [7, 11) is 0. The molecule has 20 heavy (non-hydrogen) atoms. The number of para-hydroxylation sites is 2. The molecule has 0 aliphatic carbocycles. The predicted molar refractivity (Wildman–Crippen MR) is 79.0 cm³/mol. The zero-order valence-corrected chi connectivity index (χ0v) is 11.2. The fourth-order valence-electron chi connectivity index (χ4n) is 1.93. The molecule has 0 N–H and O–H groups in total. The van der Waals surface area contributed by atoms with Gasteiger partial charge in [0.1, 0.15) is 0 Å². The van der Waals surface area contributed by atoms with Crippen molar-refractivity contribution in [2.75, 3.05) is 0 Å². The third-order valence-corrected chi connectivity index (χ3v) is 3.88. The highest BCUT2D eigenvalue weighted by Gasteiger charge is 2.13. The number of nitro benzene ring substituents is 1. The van der Waals surface area contributed by atoms with E-state index in [0.29, 0.717) is 4.90 Å². The molecular weight excluding hydrogens is 272 g/mol. The number of hydrogen-bond donors (Lipinski definition) is 0. The van der Waals surface area contributed by atoms with E-state index < -0.39 is 0 Å². The van der Waals surface area contributed by atoms with Crippen molar-refractivity contribution in [2.24, 2.45) is 0 Å². The fraction of sp³-hybridized carbons (Fsp3) is 0. The Labute approximate surface area is 119 Å². The quantitative estimate of drug-likeness (QED) is 0.531. The Balaban J connectivity index is 1.99. The molecule has 0 bridgehead atoms. The van der Waals surface area contributed by atoms with Crippen LogP contribution in [0.3, 0.4) is 0 Å². The summed E-state index contributed by atoms with van der Waals surface area (Å²) in [6.45, 7) is 0. The lowest BCUT2D eigenvalue weighted by atomic mass is 10.2. The first-order chi connectivity index (χ1) is 9.74. The third kappa shape index (κ3) is 2.48. The predicted octanol–water partition coefficient (Wildman–Crippen LogP) is 4.29. The summed E-state index contributed by atoms with van der Waals surface area (Å²) in [5.74, 6) is 0. The summed E-state index contributed by atoms with van der Waals surface area (Å²) in [6, 6.07) is 16.5. The Morgan fingerprint density at radius 1 is 1.05 bits per heavy atom. The molecule has 3 rings (SSSR count). The highest BCUT2D eigenvalue weighted by Crippen LogP contribution is 2.34. The largest absolute Gasteiger partial charge is 0.283 e. The summed E-state index contributed by atoms with van der Waals surface area (Å²) in [5, 5.41) is 12.0. The van der Waals surface area contributed by atoms with Gasteiger partial charge in [0.05, 0.1) is 15.3 Å². The molecule has 1 aromatic heterocycles. The fourth-order valence-corrected chi connectivity index (χ4v) is 2.87. The minimum atomic E-state index is -0.364. The van der Waals surface area contributed by atoms with E-state index in [4.69, 9.17) is 0 Å². The molecule has 1 heterocycles. The van der Waals surface area contributed by atoms with Gasteiger partial charge in [0.2, 0.25) is 0 Å². The summed E-state index contributed by atoms with van der Waals surface area (Å²) >= 11 is 1.35. The van der Waals surface area contributed by atoms with Crippen molar-refractivity contribution in [2.45, 2.75) is 9.79 Å². The summed E-state index contributed by atoms with van der Waals surface area (Å²) < 4.78 is 0. The van der Waals surface area contributed by atoms with E-state index in [-0.39, 0.29) is 10.6 Å². The van der Waals surface area contributed by atoms with Gasteiger partial charge in [-0.25, -0.2) is 0 Å². The molecule has 3 aromatic rings. The molecule has 0 radical (unpaired) electrons. The van der Waals surface area contributed by atoms with Crippen LogP contribution >= 0.6 is 11.8 Å². The SMILES string of the molecule is O=[N+]([O-])c1ccccc1Sc1cnc2ccccc2c1. The van der Waals surface area contributed by atoms with E-state index in [1.807, 2.05) is 30.3 Å². The molecule has 5 heteroatoms. The zero-order valence-electron chi connectivity index (χ0n) is 10.4. The Hall–Kier alpha value is -2.40. The Bertz CT molecular complexity index is 789. The van der Waals surface area contributed by atoms with Crippen molar-refractivity contribution in [1.29, 1.82) is 0 Å². The van der Waals surface area contributed by atoms with E-state index in [1.54, 1.807) is 24.4 Å². The van der Waals surface area contributed by atoms with Gasteiger partial charge >= 0.3 is 0 Å². The van der Waals surface area contributed by atoms with Crippen molar-refractivity contribution in [3.8, 4) is 0 Å². The van der Waals surface area contributed by atoms with Crippen molar-refractivity contribution in [1.82, 2.24) is 4.98 Å². The Morgan fingerprint density at radius 3 is 2.65 bits per heavy atom. The topological polar surface area (TPSA) is 56.0 Å². The highest BCUT2D eigenvalue weighted by atomic mass is 32.2. The second-order valence-corrected chi connectivity index (χ2v) is 5.31. The van der Waals surface area contributed by atoms with E-state index in [0.717, 1.165) is 15.8 Å². The van der Waals surface area contributed by atoms with Gasteiger partial charge in [0.25, 0.3) is 5.69 Å². The summed E-state index contributed by atoms with van der Waals surface area (Å²) in [5.41, 5.74) is 1.03. The minimum Gasteiger partial charge on any atom is -0.258 e. The van der Waals surface area contributed by atoms with Gasteiger partial charge in [0, 0.05) is 22.5 Å². The number of pyridine rings is 1. The normalized spacial score (nSPS) is 10.6. The highest BCUT2D eigenvalue weighted by molar-refractivity contribution is 7.99. The maximum absolute atomic E-state index is 11.0. The molecule has 0 fully saturated rings. The first kappa shape index (κ1) is 12.6. The monoisotopic (exact) mass is 282 g/mol. The Morgan fingerprint density at radius 2 is 1.80 bits per heavy atom. The number of hydrogen-bond acceptors (Lipinski definition) is 4. The van der Waals surface area contributed by atoms with Crippen molar-refractivity contribution in [3.05, 3.63) is 70.9 Å². The van der Waals surface area contributed by atoms with Gasteiger partial charge in [-0.05, 0) is 18.2 Å². The van der Waals surface area contributed by atoms with E-state index in [2.05, 4.69) is 4.98 Å². The standard InChI is InChI=1S/C15H10N2O2S/c18-17(19)14-7-3-4-8-15(14)20-12-9-11-5-1-2-6-13(11)16-10-12/h1-10H. The van der Waals surface area contributed by atoms with Crippen LogP contribution in [-0.2, 0) is 0 Å². The summed E-state index contributed by atoms with van der Waals surface area (Å²) in [6.07, 6.45) is 1.74. The summed E-state index contributed by atoms with van der Waals surface area (Å²) in [4.78, 5) is 16.5. The number of fused-ring (bicyclic) bond motifs is 1. The molecule has 4 nitrogen and oxygen atoms in total. The number of benzene rings is 2. The van der Waals surface area contributed by atoms with Crippen LogP contribution in [0.15, 0.2) is 70.6 Å². The van der Waals surface area contributed by atoms with Crippen LogP contribution in [0.4, 0.5) is 5.69 Å². The van der Waals surface area contributed by atoms with Crippen LogP contribution in [0.25, 0.3) is 10.9 Å². The van der Waals surface area contributed by atoms with E-state index in [1.165, 1.54) is 17.8 Å². The van der Waals surface area contributed by atoms with Crippen LogP contribution < -0.4 is 0 Å². The number of aromatic nitrogens is 1. The molecule has 0 spiro atoms. The second-order valence-electron chi connectivity index (χ2n) is 4.19. The van der Waals surface area contributed by atoms with Crippen LogP contribution in [-0.4, -0.2) is 9.91 Å². The molecule has 2 aromatic carbocycles. The minimum absolute atomic E-state index is 0.116. The van der Waals surface area contributed by atoms with E-state index in [9.17, 15) is 10.1 Å². The lowest BCUT2D eigenvalue weighted by Crippen LogP contribution is -1.90. The number of nitrogens with zero attached hydrogens (tertiary/aromatic N) is 2. The van der Waals surface area contributed by atoms with Gasteiger partial charge in [0.15, 0.2) is 0 Å². The van der Waals surface area contributed by atoms with Crippen molar-refractivity contribution < 1.29 is 4.92 Å². The molecule has 0 saturated carbocycles. The van der Waals surface area contributed by atoms with Crippen molar-refractivity contribution in [3.63, 3.8) is 0 Å². The van der Waals surface area contributed by atoms with Crippen LogP contribution in [0.1, 0.15) is 0 Å². The van der Waals surface area contributed by atoms with Gasteiger partial charge < -0.3 is 0 Å². The maximum atomic E-state index is 11.0. The molecule has 0 unspecified atom stereocenters. The molecule has 0 amide bonds. The molecule has 0 aliphatic heterocycles. The maximum Gasteiger partial charge on any atom is 0.283 e. The molecule has 0 saturated heterocycles. The average molecular weight is 282 g/mol. The lowest BCUT2D eigenvalue weighted by molar-refractivity contribution is -0.387. The van der Waals surface area contributed by atoms with E-state index >= 15 is 0 Å². The van der Waals surface area contributed by atoms with Gasteiger partial charge in [-0.15, -0.1) is 0 Å². The average Bonchev–Trinajstić information content (AvgIpc) is 2.47. The third-order valence-electron chi connectivity index (χ3n) is 2.86. The zero-order chi connectivity index (χ0) is 13.9. The van der Waals surface area contributed by atoms with Crippen molar-refractivity contribution >= 4 is 28.4 Å². The van der Waals surface area contributed by atoms with Crippen LogP contribution in [0.5, 0.6) is 0 Å². The molecule has 98 valence electrons. The number of rotatable bonds is 3. The van der Waals surface area contributed by atoms with Crippen LogP contribution in [0.2, 0.25) is 0 Å². The van der Waals surface area contributed by atoms with Gasteiger partial charge in [-0.3, -0.25) is 15.1 Å². The Kier molecular flexibility index (Phi) is 3.35. The molecular formula is C15H10N2O2S. The second kappa shape index (κ2) is 5.30. The number of nitro groups is 1. The molecule has 0 aliphatic rings. The molecule has 0 atom stereocenters. The van der Waals surface area contributed by atoms with Gasteiger partial charge in [-0.1, -0.05) is 42.1 Å². The van der Waals surface area contributed by atoms with Gasteiger partial charge in [-0.2, -0.15) is 0 Å².